The lowest BCUT2D eigenvalue weighted by atomic mass is 10.1. The summed E-state index contributed by atoms with van der Waals surface area (Å²) in [5.41, 5.74) is 4.10. The van der Waals surface area contributed by atoms with E-state index in [1.807, 2.05) is 30.3 Å². The standard InChI is InChI=1S/C16H15BrN2O/c1-2-10-3-6-12(7-4-10)18-15-13-8-5-11(17)9-14(13)19-16(15)20/h3-9,15,18H,2H2,1H3,(H,19,20). The lowest BCUT2D eigenvalue weighted by Crippen LogP contribution is -2.19. The van der Waals surface area contributed by atoms with Gasteiger partial charge in [-0.3, -0.25) is 4.79 Å². The van der Waals surface area contributed by atoms with Crippen molar-refractivity contribution >= 4 is 33.2 Å². The fraction of sp³-hybridized carbons (Fsp3) is 0.188. The van der Waals surface area contributed by atoms with Crippen LogP contribution in [0, 0.1) is 0 Å². The minimum absolute atomic E-state index is 0.0160. The monoisotopic (exact) mass is 330 g/mol. The Hall–Kier alpha value is -1.81. The van der Waals surface area contributed by atoms with Gasteiger partial charge >= 0.3 is 0 Å². The maximum atomic E-state index is 12.1. The second kappa shape index (κ2) is 5.29. The third-order valence-corrected chi connectivity index (χ3v) is 4.01. The van der Waals surface area contributed by atoms with Crippen molar-refractivity contribution in [2.45, 2.75) is 19.4 Å². The number of fused-ring (bicyclic) bond motifs is 1. The number of halogens is 1. The largest absolute Gasteiger partial charge is 0.370 e. The van der Waals surface area contributed by atoms with Crippen LogP contribution in [0.2, 0.25) is 0 Å². The molecule has 1 unspecified atom stereocenters. The first-order valence-electron chi connectivity index (χ1n) is 6.63. The fourth-order valence-corrected chi connectivity index (χ4v) is 2.74. The van der Waals surface area contributed by atoms with Crippen LogP contribution in [0.15, 0.2) is 46.9 Å². The van der Waals surface area contributed by atoms with Crippen LogP contribution in [0.4, 0.5) is 11.4 Å². The van der Waals surface area contributed by atoms with Gasteiger partial charge in [-0.05, 0) is 36.2 Å². The summed E-state index contributed by atoms with van der Waals surface area (Å²) in [6.45, 7) is 2.13. The van der Waals surface area contributed by atoms with E-state index < -0.39 is 0 Å². The van der Waals surface area contributed by atoms with Gasteiger partial charge in [-0.1, -0.05) is 41.1 Å². The molecule has 4 heteroatoms. The number of rotatable bonds is 3. The Morgan fingerprint density at radius 3 is 2.65 bits per heavy atom. The van der Waals surface area contributed by atoms with Gasteiger partial charge in [0.25, 0.3) is 5.91 Å². The van der Waals surface area contributed by atoms with E-state index in [1.165, 1.54) is 5.56 Å². The van der Waals surface area contributed by atoms with Gasteiger partial charge in [0.2, 0.25) is 0 Å². The molecule has 0 spiro atoms. The van der Waals surface area contributed by atoms with Crippen LogP contribution in [0.25, 0.3) is 0 Å². The number of carbonyl (C=O) groups is 1. The summed E-state index contributed by atoms with van der Waals surface area (Å²) in [7, 11) is 0. The molecule has 0 saturated carbocycles. The average molecular weight is 331 g/mol. The Balaban J connectivity index is 1.86. The quantitative estimate of drug-likeness (QED) is 0.888. The second-order valence-electron chi connectivity index (χ2n) is 4.85. The van der Waals surface area contributed by atoms with Crippen molar-refractivity contribution in [3.8, 4) is 0 Å². The highest BCUT2D eigenvalue weighted by Crippen LogP contribution is 2.35. The summed E-state index contributed by atoms with van der Waals surface area (Å²) in [5, 5.41) is 6.19. The predicted molar refractivity (Wildman–Crippen MR) is 85.0 cm³/mol. The summed E-state index contributed by atoms with van der Waals surface area (Å²) < 4.78 is 0.962. The van der Waals surface area contributed by atoms with Gasteiger partial charge in [-0.2, -0.15) is 0 Å². The van der Waals surface area contributed by atoms with Crippen molar-refractivity contribution in [2.75, 3.05) is 10.6 Å². The Bertz CT molecular complexity index is 652. The molecule has 0 bridgehead atoms. The Labute approximate surface area is 126 Å². The van der Waals surface area contributed by atoms with E-state index in [1.54, 1.807) is 0 Å². The van der Waals surface area contributed by atoms with E-state index in [0.717, 1.165) is 27.8 Å². The van der Waals surface area contributed by atoms with Gasteiger partial charge < -0.3 is 10.6 Å². The van der Waals surface area contributed by atoms with Crippen LogP contribution in [-0.4, -0.2) is 5.91 Å². The highest BCUT2D eigenvalue weighted by molar-refractivity contribution is 9.10. The van der Waals surface area contributed by atoms with Gasteiger partial charge in [0.1, 0.15) is 6.04 Å². The van der Waals surface area contributed by atoms with Crippen LogP contribution >= 0.6 is 15.9 Å². The number of hydrogen-bond donors (Lipinski definition) is 2. The first-order valence-corrected chi connectivity index (χ1v) is 7.42. The van der Waals surface area contributed by atoms with Crippen molar-refractivity contribution in [1.82, 2.24) is 0 Å². The number of benzene rings is 2. The van der Waals surface area contributed by atoms with E-state index in [2.05, 4.69) is 45.6 Å². The van der Waals surface area contributed by atoms with Crippen LogP contribution < -0.4 is 10.6 Å². The van der Waals surface area contributed by atoms with Gasteiger partial charge in [0.15, 0.2) is 0 Å². The summed E-state index contributed by atoms with van der Waals surface area (Å²) in [5.74, 6) is -0.0160. The van der Waals surface area contributed by atoms with Crippen molar-refractivity contribution in [1.29, 1.82) is 0 Å². The number of carbonyl (C=O) groups excluding carboxylic acids is 1. The molecule has 0 saturated heterocycles. The lowest BCUT2D eigenvalue weighted by molar-refractivity contribution is -0.116. The van der Waals surface area contributed by atoms with Gasteiger partial charge in [-0.25, -0.2) is 0 Å². The van der Waals surface area contributed by atoms with Gasteiger partial charge in [0.05, 0.1) is 0 Å². The molecule has 3 rings (SSSR count). The highest BCUT2D eigenvalue weighted by Gasteiger charge is 2.30. The molecule has 0 aromatic heterocycles. The highest BCUT2D eigenvalue weighted by atomic mass is 79.9. The smallest absolute Gasteiger partial charge is 0.251 e. The second-order valence-corrected chi connectivity index (χ2v) is 5.76. The molecule has 102 valence electrons. The number of amides is 1. The molecule has 1 heterocycles. The first-order chi connectivity index (χ1) is 9.67. The topological polar surface area (TPSA) is 41.1 Å². The number of aryl methyl sites for hydroxylation is 1. The molecule has 20 heavy (non-hydrogen) atoms. The van der Waals surface area contributed by atoms with Crippen molar-refractivity contribution in [2.24, 2.45) is 0 Å². The van der Waals surface area contributed by atoms with Gasteiger partial charge in [0, 0.05) is 21.4 Å². The van der Waals surface area contributed by atoms with E-state index in [0.29, 0.717) is 0 Å². The Morgan fingerprint density at radius 2 is 1.95 bits per heavy atom. The molecule has 1 amide bonds. The Morgan fingerprint density at radius 1 is 1.20 bits per heavy atom. The molecule has 0 radical (unpaired) electrons. The SMILES string of the molecule is CCc1ccc(NC2C(=O)Nc3cc(Br)ccc32)cc1. The Kier molecular flexibility index (Phi) is 3.49. The zero-order valence-corrected chi connectivity index (χ0v) is 12.7. The molecule has 1 atom stereocenters. The molecule has 2 aromatic carbocycles. The summed E-state index contributed by atoms with van der Waals surface area (Å²) in [6, 6.07) is 13.7. The summed E-state index contributed by atoms with van der Waals surface area (Å²) in [6.07, 6.45) is 1.01. The number of anilines is 2. The van der Waals surface area contributed by atoms with Crippen molar-refractivity contribution in [3.05, 3.63) is 58.1 Å². The predicted octanol–water partition coefficient (Wildman–Crippen LogP) is 4.12. The zero-order valence-electron chi connectivity index (χ0n) is 11.1. The van der Waals surface area contributed by atoms with Crippen molar-refractivity contribution < 1.29 is 4.79 Å². The lowest BCUT2D eigenvalue weighted by Gasteiger charge is -2.13. The first kappa shape index (κ1) is 13.2. The number of nitrogens with one attached hydrogen (secondary N) is 2. The third kappa shape index (κ3) is 2.43. The zero-order chi connectivity index (χ0) is 14.1. The maximum Gasteiger partial charge on any atom is 0.251 e. The van der Waals surface area contributed by atoms with E-state index in [9.17, 15) is 4.79 Å². The molecule has 3 nitrogen and oxygen atoms in total. The number of hydrogen-bond acceptors (Lipinski definition) is 2. The van der Waals surface area contributed by atoms with Crippen LogP contribution in [0.3, 0.4) is 0 Å². The molecule has 2 aromatic rings. The molecule has 2 N–H and O–H groups in total. The normalized spacial score (nSPS) is 16.7. The molecule has 0 fully saturated rings. The van der Waals surface area contributed by atoms with Gasteiger partial charge in [-0.15, -0.1) is 0 Å². The molecular weight excluding hydrogens is 316 g/mol. The van der Waals surface area contributed by atoms with Crippen molar-refractivity contribution in [3.63, 3.8) is 0 Å². The molecule has 1 aliphatic heterocycles. The van der Waals surface area contributed by atoms with E-state index in [-0.39, 0.29) is 11.9 Å². The van der Waals surface area contributed by atoms with E-state index >= 15 is 0 Å². The maximum absolute atomic E-state index is 12.1. The average Bonchev–Trinajstić information content (AvgIpc) is 2.75. The minimum Gasteiger partial charge on any atom is -0.370 e. The van der Waals surface area contributed by atoms with Crippen LogP contribution in [-0.2, 0) is 11.2 Å². The van der Waals surface area contributed by atoms with Crippen LogP contribution in [0.1, 0.15) is 24.1 Å². The molecule has 0 aliphatic carbocycles. The fourth-order valence-electron chi connectivity index (χ4n) is 2.38. The summed E-state index contributed by atoms with van der Waals surface area (Å²) >= 11 is 3.42. The van der Waals surface area contributed by atoms with E-state index in [4.69, 9.17) is 0 Å². The third-order valence-electron chi connectivity index (χ3n) is 3.52. The molecule has 1 aliphatic rings. The van der Waals surface area contributed by atoms with Crippen LogP contribution in [0.5, 0.6) is 0 Å². The minimum atomic E-state index is -0.328. The molecular formula is C16H15BrN2O. The summed E-state index contributed by atoms with van der Waals surface area (Å²) in [4.78, 5) is 12.1.